The SMILES string of the molecule is CCc1ccc(NC(=O)CCn2c(=O)n(C)c3ccccc32)cc1. The molecule has 124 valence electrons. The Labute approximate surface area is 140 Å². The lowest BCUT2D eigenvalue weighted by Crippen LogP contribution is -2.24. The van der Waals surface area contributed by atoms with Crippen molar-refractivity contribution in [3.05, 3.63) is 64.6 Å². The molecule has 0 saturated heterocycles. The summed E-state index contributed by atoms with van der Waals surface area (Å²) in [6.45, 7) is 2.45. The largest absolute Gasteiger partial charge is 0.328 e. The number of rotatable bonds is 5. The number of aryl methyl sites for hydroxylation is 3. The van der Waals surface area contributed by atoms with Crippen LogP contribution in [0.1, 0.15) is 18.9 Å². The number of aromatic nitrogens is 2. The minimum absolute atomic E-state index is 0.0981. The average Bonchev–Trinajstić information content (AvgIpc) is 2.85. The predicted octanol–water partition coefficient (Wildman–Crippen LogP) is 2.93. The van der Waals surface area contributed by atoms with Crippen molar-refractivity contribution in [2.75, 3.05) is 5.32 Å². The van der Waals surface area contributed by atoms with Crippen molar-refractivity contribution in [1.29, 1.82) is 0 Å². The van der Waals surface area contributed by atoms with E-state index in [0.29, 0.717) is 6.54 Å². The number of fused-ring (bicyclic) bond motifs is 1. The van der Waals surface area contributed by atoms with Crippen LogP contribution >= 0.6 is 0 Å². The average molecular weight is 323 g/mol. The Morgan fingerprint density at radius 1 is 1.04 bits per heavy atom. The molecule has 0 aliphatic rings. The summed E-state index contributed by atoms with van der Waals surface area (Å²) in [5.74, 6) is -0.0981. The maximum absolute atomic E-state index is 12.3. The van der Waals surface area contributed by atoms with Gasteiger partial charge in [0, 0.05) is 25.7 Å². The van der Waals surface area contributed by atoms with E-state index in [4.69, 9.17) is 0 Å². The summed E-state index contributed by atoms with van der Waals surface area (Å²) in [5.41, 5.74) is 3.64. The molecule has 5 nitrogen and oxygen atoms in total. The number of benzene rings is 2. The van der Waals surface area contributed by atoms with Gasteiger partial charge in [-0.25, -0.2) is 4.79 Å². The number of carbonyl (C=O) groups is 1. The highest BCUT2D eigenvalue weighted by Gasteiger charge is 2.11. The Morgan fingerprint density at radius 3 is 2.38 bits per heavy atom. The first-order valence-corrected chi connectivity index (χ1v) is 8.13. The van der Waals surface area contributed by atoms with Crippen molar-refractivity contribution in [3.63, 3.8) is 0 Å². The Hall–Kier alpha value is -2.82. The zero-order valence-corrected chi connectivity index (χ0v) is 14.0. The van der Waals surface area contributed by atoms with E-state index in [1.54, 1.807) is 16.2 Å². The molecule has 2 aromatic carbocycles. The number of hydrogen-bond donors (Lipinski definition) is 1. The second kappa shape index (κ2) is 6.74. The van der Waals surface area contributed by atoms with Crippen LogP contribution in [0.3, 0.4) is 0 Å². The number of carbonyl (C=O) groups excluding carboxylic acids is 1. The third-order valence-corrected chi connectivity index (χ3v) is 4.26. The van der Waals surface area contributed by atoms with Crippen LogP contribution in [0.4, 0.5) is 5.69 Å². The molecule has 0 radical (unpaired) electrons. The zero-order chi connectivity index (χ0) is 17.1. The Bertz CT molecular complexity index is 920. The lowest BCUT2D eigenvalue weighted by atomic mass is 10.1. The van der Waals surface area contributed by atoms with Gasteiger partial charge in [-0.3, -0.25) is 13.9 Å². The molecule has 0 spiro atoms. The van der Waals surface area contributed by atoms with Crippen molar-refractivity contribution >= 4 is 22.6 Å². The van der Waals surface area contributed by atoms with Crippen molar-refractivity contribution in [1.82, 2.24) is 9.13 Å². The normalized spacial score (nSPS) is 10.9. The molecule has 0 aliphatic heterocycles. The van der Waals surface area contributed by atoms with Crippen LogP contribution in [-0.4, -0.2) is 15.0 Å². The molecular weight excluding hydrogens is 302 g/mol. The minimum Gasteiger partial charge on any atom is -0.326 e. The van der Waals surface area contributed by atoms with Crippen LogP contribution in [0.25, 0.3) is 11.0 Å². The maximum atomic E-state index is 12.3. The van der Waals surface area contributed by atoms with E-state index in [0.717, 1.165) is 23.1 Å². The number of hydrogen-bond acceptors (Lipinski definition) is 2. The summed E-state index contributed by atoms with van der Waals surface area (Å²) in [6, 6.07) is 15.4. The summed E-state index contributed by atoms with van der Waals surface area (Å²) in [5, 5.41) is 2.88. The molecule has 1 amide bonds. The topological polar surface area (TPSA) is 56.0 Å². The molecule has 0 fully saturated rings. The second-order valence-electron chi connectivity index (χ2n) is 5.83. The van der Waals surface area contributed by atoms with E-state index in [1.807, 2.05) is 48.5 Å². The highest BCUT2D eigenvalue weighted by atomic mass is 16.2. The van der Waals surface area contributed by atoms with Crippen LogP contribution in [-0.2, 0) is 24.8 Å². The predicted molar refractivity (Wildman–Crippen MR) is 96.2 cm³/mol. The third kappa shape index (κ3) is 3.11. The Morgan fingerprint density at radius 2 is 1.71 bits per heavy atom. The highest BCUT2D eigenvalue weighted by Crippen LogP contribution is 2.13. The van der Waals surface area contributed by atoms with Crippen molar-refractivity contribution in [2.45, 2.75) is 26.3 Å². The fraction of sp³-hybridized carbons (Fsp3) is 0.263. The number of nitrogens with one attached hydrogen (secondary N) is 1. The smallest absolute Gasteiger partial charge is 0.326 e. The van der Waals surface area contributed by atoms with Gasteiger partial charge in [0.25, 0.3) is 0 Å². The molecule has 1 N–H and O–H groups in total. The van der Waals surface area contributed by atoms with Crippen LogP contribution in [0.15, 0.2) is 53.3 Å². The van der Waals surface area contributed by atoms with Crippen molar-refractivity contribution in [2.24, 2.45) is 7.05 Å². The first-order valence-electron chi connectivity index (χ1n) is 8.13. The number of amides is 1. The van der Waals surface area contributed by atoms with Gasteiger partial charge in [-0.1, -0.05) is 31.2 Å². The van der Waals surface area contributed by atoms with E-state index in [-0.39, 0.29) is 18.0 Å². The third-order valence-electron chi connectivity index (χ3n) is 4.26. The Kier molecular flexibility index (Phi) is 4.51. The van der Waals surface area contributed by atoms with Crippen LogP contribution in [0.2, 0.25) is 0 Å². The van der Waals surface area contributed by atoms with Gasteiger partial charge in [0.15, 0.2) is 0 Å². The lowest BCUT2D eigenvalue weighted by molar-refractivity contribution is -0.116. The summed E-state index contributed by atoms with van der Waals surface area (Å²) < 4.78 is 3.26. The fourth-order valence-electron chi connectivity index (χ4n) is 2.84. The zero-order valence-electron chi connectivity index (χ0n) is 14.0. The Balaban J connectivity index is 1.70. The monoisotopic (exact) mass is 323 g/mol. The van der Waals surface area contributed by atoms with E-state index in [1.165, 1.54) is 5.56 Å². The number of anilines is 1. The first kappa shape index (κ1) is 16.1. The molecule has 0 saturated carbocycles. The molecule has 0 atom stereocenters. The van der Waals surface area contributed by atoms with Crippen molar-refractivity contribution in [3.8, 4) is 0 Å². The van der Waals surface area contributed by atoms with E-state index in [9.17, 15) is 9.59 Å². The molecule has 1 aromatic heterocycles. The van der Waals surface area contributed by atoms with Gasteiger partial charge in [-0.15, -0.1) is 0 Å². The van der Waals surface area contributed by atoms with Gasteiger partial charge in [-0.2, -0.15) is 0 Å². The van der Waals surface area contributed by atoms with Crippen LogP contribution < -0.4 is 11.0 Å². The van der Waals surface area contributed by atoms with Crippen molar-refractivity contribution < 1.29 is 4.79 Å². The summed E-state index contributed by atoms with van der Waals surface area (Å²) in [4.78, 5) is 24.5. The molecule has 3 aromatic rings. The van der Waals surface area contributed by atoms with Gasteiger partial charge in [0.2, 0.25) is 5.91 Å². The molecule has 0 aliphatic carbocycles. The molecular formula is C19H21N3O2. The molecule has 0 unspecified atom stereocenters. The molecule has 1 heterocycles. The maximum Gasteiger partial charge on any atom is 0.328 e. The van der Waals surface area contributed by atoms with Gasteiger partial charge in [0.1, 0.15) is 0 Å². The van der Waals surface area contributed by atoms with Gasteiger partial charge < -0.3 is 5.32 Å². The standard InChI is InChI=1S/C19H21N3O2/c1-3-14-8-10-15(11-9-14)20-18(23)12-13-22-17-7-5-4-6-16(17)21(2)19(22)24/h4-11H,3,12-13H2,1-2H3,(H,20,23). The van der Waals surface area contributed by atoms with E-state index < -0.39 is 0 Å². The second-order valence-corrected chi connectivity index (χ2v) is 5.83. The number of imidazole rings is 1. The molecule has 24 heavy (non-hydrogen) atoms. The van der Waals surface area contributed by atoms with Gasteiger partial charge in [0.05, 0.1) is 11.0 Å². The van der Waals surface area contributed by atoms with E-state index in [2.05, 4.69) is 12.2 Å². The quantitative estimate of drug-likeness (QED) is 0.785. The number of nitrogens with zero attached hydrogens (tertiary/aromatic N) is 2. The summed E-state index contributed by atoms with van der Waals surface area (Å²) in [6.07, 6.45) is 1.22. The highest BCUT2D eigenvalue weighted by molar-refractivity contribution is 5.90. The molecule has 5 heteroatoms. The minimum atomic E-state index is -0.101. The van der Waals surface area contributed by atoms with Gasteiger partial charge in [-0.05, 0) is 36.2 Å². The van der Waals surface area contributed by atoms with E-state index >= 15 is 0 Å². The summed E-state index contributed by atoms with van der Waals surface area (Å²) in [7, 11) is 1.75. The van der Waals surface area contributed by atoms with Gasteiger partial charge >= 0.3 is 5.69 Å². The lowest BCUT2D eigenvalue weighted by Gasteiger charge is -2.07. The summed E-state index contributed by atoms with van der Waals surface area (Å²) >= 11 is 0. The fourth-order valence-corrected chi connectivity index (χ4v) is 2.84. The number of para-hydroxylation sites is 2. The molecule has 3 rings (SSSR count). The first-order chi connectivity index (χ1) is 11.6. The molecule has 0 bridgehead atoms. The van der Waals surface area contributed by atoms with Crippen LogP contribution in [0.5, 0.6) is 0 Å². The van der Waals surface area contributed by atoms with Crippen LogP contribution in [0, 0.1) is 0 Å².